The molecule has 0 radical (unpaired) electrons. The van der Waals surface area contributed by atoms with E-state index < -0.39 is 0 Å². The third-order valence-corrected chi connectivity index (χ3v) is 12.6. The van der Waals surface area contributed by atoms with E-state index >= 15 is 0 Å². The second-order valence-electron chi connectivity index (χ2n) is 16.9. The molecule has 2 aromatic heterocycles. The summed E-state index contributed by atoms with van der Waals surface area (Å²) >= 11 is 0. The molecule has 0 atom stereocenters. The first-order chi connectivity index (χ1) is 33.2. The number of benzene rings is 10. The van der Waals surface area contributed by atoms with Gasteiger partial charge < -0.3 is 4.57 Å². The SMILES string of the molecule is c1ccc(-c2cccc(-c3ccc(-c4nc(-c5cccc(-c6cccc(-c7ccccc7)c6)c5)nc(-c5cccc(-c6cccc(-n7c8ccccc8c8ccccc87)c6)c5)n4)cc3)c2)cc1. The van der Waals surface area contributed by atoms with Crippen molar-refractivity contribution in [1.82, 2.24) is 19.5 Å². The van der Waals surface area contributed by atoms with Crippen LogP contribution < -0.4 is 0 Å². The zero-order chi connectivity index (χ0) is 44.5. The summed E-state index contributed by atoms with van der Waals surface area (Å²) in [6.45, 7) is 0. The van der Waals surface area contributed by atoms with Crippen LogP contribution in [0.4, 0.5) is 0 Å². The highest BCUT2D eigenvalue weighted by molar-refractivity contribution is 6.09. The van der Waals surface area contributed by atoms with Crippen LogP contribution in [-0.4, -0.2) is 19.5 Å². The molecule has 0 N–H and O–H groups in total. The number of hydrogen-bond donors (Lipinski definition) is 0. The predicted molar refractivity (Wildman–Crippen MR) is 278 cm³/mol. The Morgan fingerprint density at radius 3 is 0.970 bits per heavy atom. The van der Waals surface area contributed by atoms with Crippen LogP contribution >= 0.6 is 0 Å². The van der Waals surface area contributed by atoms with E-state index in [1.807, 2.05) is 0 Å². The maximum absolute atomic E-state index is 5.24. The van der Waals surface area contributed by atoms with Gasteiger partial charge in [-0.3, -0.25) is 0 Å². The molecule has 12 aromatic rings. The van der Waals surface area contributed by atoms with E-state index in [9.17, 15) is 0 Å². The quantitative estimate of drug-likeness (QED) is 0.145. The third kappa shape index (κ3) is 7.77. The summed E-state index contributed by atoms with van der Waals surface area (Å²) < 4.78 is 2.36. The lowest BCUT2D eigenvalue weighted by Crippen LogP contribution is -2.00. The molecule has 0 saturated carbocycles. The van der Waals surface area contributed by atoms with Gasteiger partial charge in [-0.25, -0.2) is 15.0 Å². The standard InChI is InChI=1S/C63H42N4/c1-3-16-43(17-4-1)47-20-11-22-49(38-47)45-34-36-46(37-35-45)61-64-62(54-27-13-24-51(40-54)50-23-12-21-48(39-50)44-18-5-2-6-19-44)66-63(65-61)55-28-14-25-52(41-55)53-26-15-29-56(42-53)67-59-32-9-7-30-57(59)58-31-8-10-33-60(58)67/h1-42H. The third-order valence-electron chi connectivity index (χ3n) is 12.6. The van der Waals surface area contributed by atoms with Gasteiger partial charge in [0.1, 0.15) is 0 Å². The Morgan fingerprint density at radius 1 is 0.209 bits per heavy atom. The molecule has 2 heterocycles. The maximum Gasteiger partial charge on any atom is 0.164 e. The first-order valence-electron chi connectivity index (χ1n) is 22.7. The van der Waals surface area contributed by atoms with Gasteiger partial charge >= 0.3 is 0 Å². The molecule has 4 heteroatoms. The molecule has 0 aliphatic carbocycles. The van der Waals surface area contributed by atoms with Crippen molar-refractivity contribution in [2.45, 2.75) is 0 Å². The van der Waals surface area contributed by atoms with Crippen molar-refractivity contribution in [1.29, 1.82) is 0 Å². The zero-order valence-corrected chi connectivity index (χ0v) is 36.5. The van der Waals surface area contributed by atoms with Gasteiger partial charge in [0.2, 0.25) is 0 Å². The van der Waals surface area contributed by atoms with Crippen LogP contribution in [0.3, 0.4) is 0 Å². The minimum atomic E-state index is 0.608. The van der Waals surface area contributed by atoms with Gasteiger partial charge in [-0.2, -0.15) is 0 Å². The van der Waals surface area contributed by atoms with Gasteiger partial charge in [0.05, 0.1) is 11.0 Å². The fourth-order valence-corrected chi connectivity index (χ4v) is 9.29. The summed E-state index contributed by atoms with van der Waals surface area (Å²) in [5.74, 6) is 1.83. The number of aromatic nitrogens is 4. The predicted octanol–water partition coefficient (Wildman–Crippen LogP) is 16.3. The summed E-state index contributed by atoms with van der Waals surface area (Å²) in [6.07, 6.45) is 0. The van der Waals surface area contributed by atoms with E-state index in [1.165, 1.54) is 44.1 Å². The van der Waals surface area contributed by atoms with E-state index in [0.717, 1.165) is 55.8 Å². The lowest BCUT2D eigenvalue weighted by Gasteiger charge is -2.12. The molecule has 0 saturated heterocycles. The Labute approximate surface area is 389 Å². The van der Waals surface area contributed by atoms with Crippen molar-refractivity contribution in [3.63, 3.8) is 0 Å². The molecule has 0 aliphatic rings. The molecular weight excluding hydrogens is 813 g/mol. The van der Waals surface area contributed by atoms with E-state index in [2.05, 4.69) is 259 Å². The molecular formula is C63H42N4. The molecule has 0 fully saturated rings. The number of hydrogen-bond acceptors (Lipinski definition) is 3. The average Bonchev–Trinajstić information content (AvgIpc) is 3.76. The second kappa shape index (κ2) is 17.2. The number of nitrogens with zero attached hydrogens (tertiary/aromatic N) is 4. The second-order valence-corrected chi connectivity index (χ2v) is 16.9. The minimum absolute atomic E-state index is 0.608. The van der Waals surface area contributed by atoms with Crippen LogP contribution in [0.15, 0.2) is 255 Å². The highest BCUT2D eigenvalue weighted by atomic mass is 15.0. The van der Waals surface area contributed by atoms with E-state index in [-0.39, 0.29) is 0 Å². The van der Waals surface area contributed by atoms with Gasteiger partial charge in [0.15, 0.2) is 17.5 Å². The lowest BCUT2D eigenvalue weighted by atomic mass is 9.98. The van der Waals surface area contributed by atoms with Crippen molar-refractivity contribution < 1.29 is 0 Å². The summed E-state index contributed by atoms with van der Waals surface area (Å²) in [5.41, 5.74) is 17.6. The Balaban J connectivity index is 0.946. The van der Waals surface area contributed by atoms with Crippen molar-refractivity contribution >= 4 is 21.8 Å². The summed E-state index contributed by atoms with van der Waals surface area (Å²) in [6, 6.07) is 90.1. The minimum Gasteiger partial charge on any atom is -0.309 e. The Bertz CT molecular complexity index is 3690. The Kier molecular flexibility index (Phi) is 10.2. The molecule has 12 rings (SSSR count). The maximum atomic E-state index is 5.24. The van der Waals surface area contributed by atoms with E-state index in [1.54, 1.807) is 0 Å². The summed E-state index contributed by atoms with van der Waals surface area (Å²) in [7, 11) is 0. The number of rotatable bonds is 9. The molecule has 0 aliphatic heterocycles. The number of para-hydroxylation sites is 2. The van der Waals surface area contributed by atoms with E-state index in [0.29, 0.717) is 17.5 Å². The zero-order valence-electron chi connectivity index (χ0n) is 36.5. The largest absolute Gasteiger partial charge is 0.309 e. The molecule has 67 heavy (non-hydrogen) atoms. The van der Waals surface area contributed by atoms with Crippen molar-refractivity contribution in [3.05, 3.63) is 255 Å². The lowest BCUT2D eigenvalue weighted by molar-refractivity contribution is 1.07. The fourth-order valence-electron chi connectivity index (χ4n) is 9.29. The number of fused-ring (bicyclic) bond motifs is 3. The van der Waals surface area contributed by atoms with Gasteiger partial charge in [-0.05, 0) is 104 Å². The van der Waals surface area contributed by atoms with Gasteiger partial charge in [0.25, 0.3) is 0 Å². The smallest absolute Gasteiger partial charge is 0.164 e. The van der Waals surface area contributed by atoms with Crippen LogP contribution in [0.1, 0.15) is 0 Å². The van der Waals surface area contributed by atoms with Crippen LogP contribution in [0, 0.1) is 0 Å². The molecule has 0 spiro atoms. The van der Waals surface area contributed by atoms with Crippen LogP contribution in [0.5, 0.6) is 0 Å². The van der Waals surface area contributed by atoms with Crippen LogP contribution in [0.2, 0.25) is 0 Å². The molecule has 314 valence electrons. The normalized spacial score (nSPS) is 11.3. The van der Waals surface area contributed by atoms with Gasteiger partial charge in [-0.1, -0.05) is 206 Å². The Morgan fingerprint density at radius 2 is 0.507 bits per heavy atom. The molecule has 10 aromatic carbocycles. The molecule has 4 nitrogen and oxygen atoms in total. The van der Waals surface area contributed by atoms with Gasteiger partial charge in [0, 0.05) is 33.2 Å². The van der Waals surface area contributed by atoms with Crippen molar-refractivity contribution in [3.8, 4) is 95.5 Å². The fraction of sp³-hybridized carbons (Fsp3) is 0. The summed E-state index contributed by atoms with van der Waals surface area (Å²) in [5, 5.41) is 2.48. The monoisotopic (exact) mass is 854 g/mol. The Hall–Kier alpha value is -8.99. The topological polar surface area (TPSA) is 43.6 Å². The van der Waals surface area contributed by atoms with Gasteiger partial charge in [-0.15, -0.1) is 0 Å². The highest BCUT2D eigenvalue weighted by Gasteiger charge is 2.16. The summed E-state index contributed by atoms with van der Waals surface area (Å²) in [4.78, 5) is 15.7. The van der Waals surface area contributed by atoms with Crippen LogP contribution in [0.25, 0.3) is 117 Å². The molecule has 0 amide bonds. The highest BCUT2D eigenvalue weighted by Crippen LogP contribution is 2.36. The first-order valence-corrected chi connectivity index (χ1v) is 22.7. The molecule has 0 bridgehead atoms. The van der Waals surface area contributed by atoms with Crippen molar-refractivity contribution in [2.75, 3.05) is 0 Å². The molecule has 0 unspecified atom stereocenters. The van der Waals surface area contributed by atoms with E-state index in [4.69, 9.17) is 15.0 Å². The average molecular weight is 855 g/mol. The first kappa shape index (κ1) is 39.6. The van der Waals surface area contributed by atoms with Crippen molar-refractivity contribution in [2.24, 2.45) is 0 Å². The van der Waals surface area contributed by atoms with Crippen LogP contribution in [-0.2, 0) is 0 Å².